The van der Waals surface area contributed by atoms with Crippen molar-refractivity contribution in [1.82, 2.24) is 0 Å². The van der Waals surface area contributed by atoms with Crippen LogP contribution in [0.25, 0.3) is 0 Å². The maximum atomic E-state index is 9.37. The molecule has 16 heavy (non-hydrogen) atoms. The third-order valence-electron chi connectivity index (χ3n) is 1.64. The third-order valence-corrected chi connectivity index (χ3v) is 2.38. The van der Waals surface area contributed by atoms with E-state index in [1.54, 1.807) is 18.2 Å². The van der Waals surface area contributed by atoms with Gasteiger partial charge in [-0.15, -0.1) is 0 Å². The van der Waals surface area contributed by atoms with Gasteiger partial charge in [-0.1, -0.05) is 23.2 Å². The van der Waals surface area contributed by atoms with E-state index in [1.165, 1.54) is 12.1 Å². The predicted molar refractivity (Wildman–Crippen MR) is 61.0 cm³/mol. The molecule has 0 aliphatic rings. The third kappa shape index (κ3) is 2.80. The van der Waals surface area contributed by atoms with Gasteiger partial charge in [0.1, 0.15) is 12.1 Å². The van der Waals surface area contributed by atoms with Crippen LogP contribution in [0.5, 0.6) is 0 Å². The Labute approximate surface area is 102 Å². The molecule has 2 N–H and O–H groups in total. The second-order valence-electron chi connectivity index (χ2n) is 2.70. The van der Waals surface area contributed by atoms with Gasteiger partial charge in [0.15, 0.2) is 5.57 Å². The number of nitrogens with one attached hydrogen (secondary N) is 1. The summed E-state index contributed by atoms with van der Waals surface area (Å²) in [5, 5.41) is 29.5. The number of rotatable bonds is 2. The summed E-state index contributed by atoms with van der Waals surface area (Å²) in [7, 11) is 0. The molecule has 0 fully saturated rings. The summed E-state index contributed by atoms with van der Waals surface area (Å²) in [5.41, 5.74) is 0.0148. The molecule has 4 nitrogen and oxygen atoms in total. The van der Waals surface area contributed by atoms with Gasteiger partial charge in [0.2, 0.25) is 5.88 Å². The number of hydrogen-bond acceptors (Lipinski definition) is 4. The molecular weight excluding hydrogens is 249 g/mol. The lowest BCUT2D eigenvalue weighted by atomic mass is 10.3. The molecule has 0 heterocycles. The van der Waals surface area contributed by atoms with Gasteiger partial charge in [0.05, 0.1) is 10.0 Å². The normalized spacial score (nSPS) is 8.75. The van der Waals surface area contributed by atoms with Gasteiger partial charge >= 0.3 is 0 Å². The van der Waals surface area contributed by atoms with Crippen LogP contribution in [-0.4, -0.2) is 5.11 Å². The van der Waals surface area contributed by atoms with Crippen molar-refractivity contribution in [2.45, 2.75) is 0 Å². The highest BCUT2D eigenvalue weighted by Crippen LogP contribution is 2.25. The van der Waals surface area contributed by atoms with Crippen LogP contribution in [0.3, 0.4) is 0 Å². The summed E-state index contributed by atoms with van der Waals surface area (Å²) in [6.07, 6.45) is 0. The van der Waals surface area contributed by atoms with Crippen molar-refractivity contribution >= 4 is 28.9 Å². The van der Waals surface area contributed by atoms with E-state index in [-0.39, 0.29) is 0 Å². The van der Waals surface area contributed by atoms with Crippen molar-refractivity contribution in [3.63, 3.8) is 0 Å². The molecule has 0 aliphatic heterocycles. The Morgan fingerprint density at radius 3 is 2.31 bits per heavy atom. The fourth-order valence-corrected chi connectivity index (χ4v) is 1.20. The van der Waals surface area contributed by atoms with Crippen LogP contribution < -0.4 is 5.32 Å². The van der Waals surface area contributed by atoms with Gasteiger partial charge in [-0.2, -0.15) is 10.5 Å². The van der Waals surface area contributed by atoms with Gasteiger partial charge in [0, 0.05) is 5.69 Å². The van der Waals surface area contributed by atoms with E-state index in [9.17, 15) is 5.11 Å². The largest absolute Gasteiger partial charge is 0.493 e. The zero-order chi connectivity index (χ0) is 12.1. The Morgan fingerprint density at radius 1 is 1.19 bits per heavy atom. The molecule has 0 radical (unpaired) electrons. The van der Waals surface area contributed by atoms with Crippen LogP contribution in [0.1, 0.15) is 0 Å². The standard InChI is InChI=1S/C10H5Cl2N3O/c11-8-2-1-7(3-9(8)12)15-10(16)6(4-13)5-14/h1-3,15-16H. The number of benzene rings is 1. The molecule has 0 spiro atoms. The summed E-state index contributed by atoms with van der Waals surface area (Å²) in [5.74, 6) is -0.525. The number of nitrogens with zero attached hydrogens (tertiary/aromatic N) is 2. The molecule has 0 amide bonds. The zero-order valence-electron chi connectivity index (χ0n) is 7.83. The van der Waals surface area contributed by atoms with Gasteiger partial charge in [-0.05, 0) is 18.2 Å². The molecule has 0 saturated carbocycles. The minimum Gasteiger partial charge on any atom is -0.493 e. The number of hydrogen-bond donors (Lipinski definition) is 2. The highest BCUT2D eigenvalue weighted by molar-refractivity contribution is 6.42. The molecule has 80 valence electrons. The number of anilines is 1. The maximum Gasteiger partial charge on any atom is 0.218 e. The Balaban J connectivity index is 2.99. The lowest BCUT2D eigenvalue weighted by molar-refractivity contribution is 0.417. The number of aliphatic hydroxyl groups excluding tert-OH is 1. The minimum atomic E-state index is -0.525. The quantitative estimate of drug-likeness (QED) is 0.627. The second kappa shape index (κ2) is 5.27. The Bertz CT molecular complexity index is 510. The molecule has 1 rings (SSSR count). The summed E-state index contributed by atoms with van der Waals surface area (Å²) in [6, 6.07) is 7.63. The fourth-order valence-electron chi connectivity index (χ4n) is 0.904. The Hall–Kier alpha value is -1.88. The Morgan fingerprint density at radius 2 is 1.81 bits per heavy atom. The van der Waals surface area contributed by atoms with E-state index in [0.717, 1.165) is 0 Å². The molecule has 1 aromatic rings. The number of nitriles is 2. The highest BCUT2D eigenvalue weighted by atomic mass is 35.5. The van der Waals surface area contributed by atoms with Crippen LogP contribution in [0.15, 0.2) is 29.7 Å². The van der Waals surface area contributed by atoms with Crippen LogP contribution in [0.2, 0.25) is 10.0 Å². The van der Waals surface area contributed by atoms with Crippen molar-refractivity contribution in [2.75, 3.05) is 5.32 Å². The van der Waals surface area contributed by atoms with E-state index >= 15 is 0 Å². The number of aliphatic hydroxyl groups is 1. The van der Waals surface area contributed by atoms with Crippen LogP contribution >= 0.6 is 23.2 Å². The molecule has 0 bridgehead atoms. The maximum absolute atomic E-state index is 9.37. The molecular formula is C10H5Cl2N3O. The fraction of sp³-hybridized carbons (Fsp3) is 0. The summed E-state index contributed by atoms with van der Waals surface area (Å²) in [6.45, 7) is 0. The first-order valence-corrected chi connectivity index (χ1v) is 4.79. The summed E-state index contributed by atoms with van der Waals surface area (Å²) < 4.78 is 0. The first-order chi connectivity index (χ1) is 7.58. The van der Waals surface area contributed by atoms with E-state index in [4.69, 9.17) is 33.7 Å². The first kappa shape index (κ1) is 12.2. The monoisotopic (exact) mass is 253 g/mol. The topological polar surface area (TPSA) is 79.8 Å². The van der Waals surface area contributed by atoms with Crippen molar-refractivity contribution in [2.24, 2.45) is 0 Å². The number of allylic oxidation sites excluding steroid dienone is 1. The van der Waals surface area contributed by atoms with Gasteiger partial charge in [-0.25, -0.2) is 0 Å². The van der Waals surface area contributed by atoms with E-state index in [1.807, 2.05) is 0 Å². The van der Waals surface area contributed by atoms with Gasteiger partial charge in [-0.3, -0.25) is 0 Å². The average molecular weight is 254 g/mol. The molecule has 0 saturated heterocycles. The van der Waals surface area contributed by atoms with Crippen LogP contribution in [0.4, 0.5) is 5.69 Å². The smallest absolute Gasteiger partial charge is 0.218 e. The van der Waals surface area contributed by atoms with Crippen molar-refractivity contribution < 1.29 is 5.11 Å². The lowest BCUT2D eigenvalue weighted by Gasteiger charge is -2.05. The van der Waals surface area contributed by atoms with Crippen molar-refractivity contribution in [3.05, 3.63) is 39.7 Å². The zero-order valence-corrected chi connectivity index (χ0v) is 9.34. The SMILES string of the molecule is N#CC(C#N)=C(O)Nc1ccc(Cl)c(Cl)c1. The molecule has 0 aromatic heterocycles. The molecule has 6 heteroatoms. The molecule has 0 unspecified atom stereocenters. The molecule has 0 atom stereocenters. The van der Waals surface area contributed by atoms with Crippen LogP contribution in [0, 0.1) is 22.7 Å². The molecule has 1 aromatic carbocycles. The highest BCUT2D eigenvalue weighted by Gasteiger charge is 2.05. The van der Waals surface area contributed by atoms with Crippen molar-refractivity contribution in [1.29, 1.82) is 10.5 Å². The molecule has 0 aliphatic carbocycles. The predicted octanol–water partition coefficient (Wildman–Crippen LogP) is 3.22. The lowest BCUT2D eigenvalue weighted by Crippen LogP contribution is -2.01. The second-order valence-corrected chi connectivity index (χ2v) is 3.52. The van der Waals surface area contributed by atoms with Gasteiger partial charge < -0.3 is 10.4 Å². The van der Waals surface area contributed by atoms with E-state index in [2.05, 4.69) is 5.32 Å². The minimum absolute atomic E-state index is 0.301. The first-order valence-electron chi connectivity index (χ1n) is 4.04. The Kier molecular flexibility index (Phi) is 4.02. The summed E-state index contributed by atoms with van der Waals surface area (Å²) in [4.78, 5) is 0. The number of halogens is 2. The van der Waals surface area contributed by atoms with E-state index < -0.39 is 11.5 Å². The van der Waals surface area contributed by atoms with Crippen LogP contribution in [-0.2, 0) is 0 Å². The average Bonchev–Trinajstić information content (AvgIpc) is 2.25. The van der Waals surface area contributed by atoms with E-state index in [0.29, 0.717) is 15.7 Å². The summed E-state index contributed by atoms with van der Waals surface area (Å²) >= 11 is 11.4. The van der Waals surface area contributed by atoms with Crippen molar-refractivity contribution in [3.8, 4) is 12.1 Å². The van der Waals surface area contributed by atoms with Gasteiger partial charge in [0.25, 0.3) is 0 Å².